The third-order valence-corrected chi connectivity index (χ3v) is 2.27. The van der Waals surface area contributed by atoms with Gasteiger partial charge >= 0.3 is 0 Å². The first-order chi connectivity index (χ1) is 6.79. The fourth-order valence-corrected chi connectivity index (χ4v) is 1.59. The molecule has 4 heteroatoms. The number of hydrogen-bond acceptors (Lipinski definition) is 2. The van der Waals surface area contributed by atoms with E-state index in [4.69, 9.17) is 4.74 Å². The van der Waals surface area contributed by atoms with Crippen LogP contribution in [0.4, 0.5) is 8.78 Å². The van der Waals surface area contributed by atoms with Gasteiger partial charge in [-0.2, -0.15) is 0 Å². The van der Waals surface area contributed by atoms with Gasteiger partial charge in [0.1, 0.15) is 11.6 Å². The number of benzene rings is 1. The molecule has 0 aromatic heterocycles. The zero-order chi connectivity index (χ0) is 9.97. The van der Waals surface area contributed by atoms with Crippen LogP contribution in [0, 0.1) is 11.6 Å². The van der Waals surface area contributed by atoms with Crippen LogP contribution in [0.5, 0.6) is 0 Å². The van der Waals surface area contributed by atoms with Crippen LogP contribution in [-0.4, -0.2) is 19.8 Å². The van der Waals surface area contributed by atoms with Crippen molar-refractivity contribution in [2.45, 2.75) is 6.04 Å². The monoisotopic (exact) mass is 199 g/mol. The van der Waals surface area contributed by atoms with E-state index in [1.165, 1.54) is 18.2 Å². The quantitative estimate of drug-likeness (QED) is 0.742. The Morgan fingerprint density at radius 2 is 2.00 bits per heavy atom. The van der Waals surface area contributed by atoms with Crippen LogP contribution < -0.4 is 5.32 Å². The van der Waals surface area contributed by atoms with Crippen LogP contribution in [0.15, 0.2) is 18.2 Å². The molecule has 1 unspecified atom stereocenters. The first-order valence-corrected chi connectivity index (χ1v) is 4.54. The van der Waals surface area contributed by atoms with Crippen LogP contribution in [0.2, 0.25) is 0 Å². The molecule has 76 valence electrons. The van der Waals surface area contributed by atoms with Gasteiger partial charge < -0.3 is 10.1 Å². The molecule has 0 aliphatic carbocycles. The molecule has 0 spiro atoms. The zero-order valence-corrected chi connectivity index (χ0v) is 7.59. The Labute approximate surface area is 80.9 Å². The number of morpholine rings is 1. The fraction of sp³-hybridized carbons (Fsp3) is 0.400. The van der Waals surface area contributed by atoms with Crippen molar-refractivity contribution >= 4 is 0 Å². The van der Waals surface area contributed by atoms with E-state index >= 15 is 0 Å². The summed E-state index contributed by atoms with van der Waals surface area (Å²) in [5.41, 5.74) is 0.0761. The second-order valence-corrected chi connectivity index (χ2v) is 3.22. The van der Waals surface area contributed by atoms with Gasteiger partial charge in [0.05, 0.1) is 19.3 Å². The summed E-state index contributed by atoms with van der Waals surface area (Å²) < 4.78 is 31.7. The third-order valence-electron chi connectivity index (χ3n) is 2.27. The number of hydrogen-bond donors (Lipinski definition) is 1. The Morgan fingerprint density at radius 1 is 1.29 bits per heavy atom. The van der Waals surface area contributed by atoms with E-state index in [1.54, 1.807) is 0 Å². The highest BCUT2D eigenvalue weighted by Crippen LogP contribution is 2.22. The van der Waals surface area contributed by atoms with Crippen LogP contribution in [0.1, 0.15) is 11.6 Å². The standard InChI is InChI=1S/C10H11F2NO/c11-7-2-1-3-8(12)10(7)9-6-14-5-4-13-9/h1-3,9,13H,4-6H2. The smallest absolute Gasteiger partial charge is 0.131 e. The maximum atomic E-state index is 13.3. The van der Waals surface area contributed by atoms with E-state index < -0.39 is 11.6 Å². The fourth-order valence-electron chi connectivity index (χ4n) is 1.59. The van der Waals surface area contributed by atoms with E-state index in [9.17, 15) is 8.78 Å². The predicted molar refractivity (Wildman–Crippen MR) is 47.9 cm³/mol. The summed E-state index contributed by atoms with van der Waals surface area (Å²) in [7, 11) is 0. The largest absolute Gasteiger partial charge is 0.378 e. The van der Waals surface area contributed by atoms with Crippen molar-refractivity contribution in [1.82, 2.24) is 5.32 Å². The van der Waals surface area contributed by atoms with Gasteiger partial charge in [-0.1, -0.05) is 6.07 Å². The normalized spacial score (nSPS) is 22.3. The molecule has 1 aliphatic rings. The van der Waals surface area contributed by atoms with E-state index in [0.717, 1.165) is 0 Å². The van der Waals surface area contributed by atoms with Gasteiger partial charge in [0.2, 0.25) is 0 Å². The minimum Gasteiger partial charge on any atom is -0.378 e. The lowest BCUT2D eigenvalue weighted by Crippen LogP contribution is -2.35. The molecule has 1 aromatic carbocycles. The number of halogens is 2. The molecule has 1 saturated heterocycles. The van der Waals surface area contributed by atoms with Crippen molar-refractivity contribution in [2.24, 2.45) is 0 Å². The van der Waals surface area contributed by atoms with Crippen molar-refractivity contribution in [2.75, 3.05) is 19.8 Å². The van der Waals surface area contributed by atoms with Crippen molar-refractivity contribution < 1.29 is 13.5 Å². The molecule has 1 N–H and O–H groups in total. The molecule has 0 radical (unpaired) electrons. The maximum absolute atomic E-state index is 13.3. The number of ether oxygens (including phenoxy) is 1. The molecular formula is C10H11F2NO. The average Bonchev–Trinajstić information content (AvgIpc) is 2.19. The Morgan fingerprint density at radius 3 is 2.57 bits per heavy atom. The lowest BCUT2D eigenvalue weighted by Gasteiger charge is -2.24. The average molecular weight is 199 g/mol. The lowest BCUT2D eigenvalue weighted by molar-refractivity contribution is 0.0745. The molecule has 1 aromatic rings. The van der Waals surface area contributed by atoms with Gasteiger partial charge in [-0.05, 0) is 12.1 Å². The Kier molecular flexibility index (Phi) is 2.74. The van der Waals surface area contributed by atoms with Gasteiger partial charge in [0, 0.05) is 12.1 Å². The third kappa shape index (κ3) is 1.76. The van der Waals surface area contributed by atoms with Crippen LogP contribution in [-0.2, 0) is 4.74 Å². The molecule has 1 heterocycles. The SMILES string of the molecule is Fc1cccc(F)c1C1COCCN1. The second kappa shape index (κ2) is 4.02. The molecule has 1 fully saturated rings. The number of nitrogens with one attached hydrogen (secondary N) is 1. The summed E-state index contributed by atoms with van der Waals surface area (Å²) in [5.74, 6) is -1.04. The topological polar surface area (TPSA) is 21.3 Å². The molecule has 0 bridgehead atoms. The molecule has 1 aliphatic heterocycles. The highest BCUT2D eigenvalue weighted by Gasteiger charge is 2.21. The van der Waals surface area contributed by atoms with Crippen LogP contribution >= 0.6 is 0 Å². The van der Waals surface area contributed by atoms with Crippen molar-refractivity contribution in [1.29, 1.82) is 0 Å². The lowest BCUT2D eigenvalue weighted by atomic mass is 10.1. The molecule has 2 nitrogen and oxygen atoms in total. The summed E-state index contributed by atoms with van der Waals surface area (Å²) in [6, 6.07) is 3.51. The highest BCUT2D eigenvalue weighted by molar-refractivity contribution is 5.23. The summed E-state index contributed by atoms with van der Waals surface area (Å²) in [6.45, 7) is 1.53. The molecule has 0 amide bonds. The number of rotatable bonds is 1. The molecule has 14 heavy (non-hydrogen) atoms. The zero-order valence-electron chi connectivity index (χ0n) is 7.59. The first-order valence-electron chi connectivity index (χ1n) is 4.54. The van der Waals surface area contributed by atoms with E-state index in [2.05, 4.69) is 5.32 Å². The molecule has 1 atom stereocenters. The first kappa shape index (κ1) is 9.55. The Balaban J connectivity index is 2.29. The second-order valence-electron chi connectivity index (χ2n) is 3.22. The van der Waals surface area contributed by atoms with E-state index in [-0.39, 0.29) is 11.6 Å². The van der Waals surface area contributed by atoms with Gasteiger partial charge in [-0.25, -0.2) is 8.78 Å². The summed E-state index contributed by atoms with van der Waals surface area (Å²) >= 11 is 0. The van der Waals surface area contributed by atoms with Crippen molar-refractivity contribution in [3.8, 4) is 0 Å². The minimum atomic E-state index is -0.520. The van der Waals surface area contributed by atoms with Gasteiger partial charge in [0.25, 0.3) is 0 Å². The van der Waals surface area contributed by atoms with Crippen LogP contribution in [0.25, 0.3) is 0 Å². The maximum Gasteiger partial charge on any atom is 0.131 e. The van der Waals surface area contributed by atoms with Gasteiger partial charge in [0.15, 0.2) is 0 Å². The molecule has 0 saturated carbocycles. The summed E-state index contributed by atoms with van der Waals surface area (Å²) in [5, 5.41) is 3.01. The van der Waals surface area contributed by atoms with Crippen molar-refractivity contribution in [3.05, 3.63) is 35.4 Å². The van der Waals surface area contributed by atoms with E-state index in [1.807, 2.05) is 0 Å². The molecular weight excluding hydrogens is 188 g/mol. The molecule has 2 rings (SSSR count). The van der Waals surface area contributed by atoms with Gasteiger partial charge in [-0.15, -0.1) is 0 Å². The highest BCUT2D eigenvalue weighted by atomic mass is 19.1. The van der Waals surface area contributed by atoms with Crippen LogP contribution in [0.3, 0.4) is 0 Å². The summed E-state index contributed by atoms with van der Waals surface area (Å²) in [4.78, 5) is 0. The van der Waals surface area contributed by atoms with Gasteiger partial charge in [-0.3, -0.25) is 0 Å². The van der Waals surface area contributed by atoms with Crippen molar-refractivity contribution in [3.63, 3.8) is 0 Å². The summed E-state index contributed by atoms with van der Waals surface area (Å²) in [6.07, 6.45) is 0. The Bertz CT molecular complexity index is 304. The minimum absolute atomic E-state index is 0.0761. The Hall–Kier alpha value is -1.00. The van der Waals surface area contributed by atoms with E-state index in [0.29, 0.717) is 19.8 Å². The predicted octanol–water partition coefficient (Wildman–Crippen LogP) is 1.63.